The number of carbonyl (C=O) groups excluding carboxylic acids is 3. The van der Waals surface area contributed by atoms with Gasteiger partial charge in [0.15, 0.2) is 17.3 Å². The highest BCUT2D eigenvalue weighted by atomic mass is 16.6. The molecule has 3 aliphatic rings. The lowest BCUT2D eigenvalue weighted by Gasteiger charge is -2.36. The summed E-state index contributed by atoms with van der Waals surface area (Å²) in [6.45, 7) is 6.34. The van der Waals surface area contributed by atoms with Gasteiger partial charge < -0.3 is 24.0 Å². The lowest BCUT2D eigenvalue weighted by atomic mass is 10.1. The van der Waals surface area contributed by atoms with Crippen molar-refractivity contribution in [2.75, 3.05) is 72.2 Å². The molecule has 0 radical (unpaired) electrons. The third-order valence-electron chi connectivity index (χ3n) is 5.88. The van der Waals surface area contributed by atoms with E-state index in [4.69, 9.17) is 14.2 Å². The van der Waals surface area contributed by atoms with E-state index in [-0.39, 0.29) is 30.4 Å². The van der Waals surface area contributed by atoms with E-state index < -0.39 is 0 Å². The minimum atomic E-state index is -0.0929. The third-order valence-corrected chi connectivity index (χ3v) is 5.88. The Hall–Kier alpha value is -2.65. The largest absolute Gasteiger partial charge is 0.486 e. The summed E-state index contributed by atoms with van der Waals surface area (Å²) < 4.78 is 16.3. The quantitative estimate of drug-likeness (QED) is 0.604. The first kappa shape index (κ1) is 21.6. The lowest BCUT2D eigenvalue weighted by Crippen LogP contribution is -2.53. The standard InChI is InChI=1S/C22H29N3O6/c26-18(17-1-3-19-20(15-17)31-14-13-30-19)2-4-21(27)24-5-7-25(8-6-24)22(28)16-23-9-11-29-12-10-23/h1,3,15H,2,4-14,16H2. The van der Waals surface area contributed by atoms with Gasteiger partial charge in [-0.2, -0.15) is 0 Å². The van der Waals surface area contributed by atoms with Crippen molar-refractivity contribution in [2.24, 2.45) is 0 Å². The van der Waals surface area contributed by atoms with Crippen molar-refractivity contribution < 1.29 is 28.6 Å². The summed E-state index contributed by atoms with van der Waals surface area (Å²) in [4.78, 5) is 43.2. The summed E-state index contributed by atoms with van der Waals surface area (Å²) in [6, 6.07) is 5.12. The van der Waals surface area contributed by atoms with Crippen LogP contribution in [0.2, 0.25) is 0 Å². The van der Waals surface area contributed by atoms with E-state index in [0.717, 1.165) is 13.1 Å². The van der Waals surface area contributed by atoms with Crippen LogP contribution in [0.15, 0.2) is 18.2 Å². The third kappa shape index (κ3) is 5.54. The second-order valence-electron chi connectivity index (χ2n) is 7.93. The van der Waals surface area contributed by atoms with E-state index in [0.29, 0.717) is 76.2 Å². The number of benzene rings is 1. The number of morpholine rings is 1. The average Bonchev–Trinajstić information content (AvgIpc) is 2.82. The molecule has 4 rings (SSSR count). The molecule has 2 fully saturated rings. The molecule has 0 aromatic heterocycles. The maximum Gasteiger partial charge on any atom is 0.236 e. The predicted octanol–water partition coefficient (Wildman–Crippen LogP) is 0.424. The Bertz CT molecular complexity index is 815. The second kappa shape index (κ2) is 10.1. The maximum atomic E-state index is 12.6. The van der Waals surface area contributed by atoms with E-state index in [2.05, 4.69) is 4.90 Å². The van der Waals surface area contributed by atoms with Crippen LogP contribution in [-0.2, 0) is 14.3 Å². The van der Waals surface area contributed by atoms with E-state index in [9.17, 15) is 14.4 Å². The number of ether oxygens (including phenoxy) is 3. The summed E-state index contributed by atoms with van der Waals surface area (Å²) in [5.74, 6) is 1.17. The molecule has 3 aliphatic heterocycles. The number of Topliss-reactive ketones (excluding diaryl/α,β-unsaturated/α-hetero) is 1. The minimum absolute atomic E-state index is 0.0498. The highest BCUT2D eigenvalue weighted by Crippen LogP contribution is 2.31. The summed E-state index contributed by atoms with van der Waals surface area (Å²) in [5, 5.41) is 0. The first-order valence-electron chi connectivity index (χ1n) is 10.9. The van der Waals surface area contributed by atoms with Crippen LogP contribution in [0.3, 0.4) is 0 Å². The average molecular weight is 431 g/mol. The number of hydrogen-bond acceptors (Lipinski definition) is 7. The molecule has 0 spiro atoms. The Morgan fingerprint density at radius 1 is 0.742 bits per heavy atom. The van der Waals surface area contributed by atoms with Crippen molar-refractivity contribution in [2.45, 2.75) is 12.8 Å². The molecule has 2 amide bonds. The van der Waals surface area contributed by atoms with Crippen molar-refractivity contribution in [1.29, 1.82) is 0 Å². The van der Waals surface area contributed by atoms with Crippen molar-refractivity contribution in [3.63, 3.8) is 0 Å². The molecule has 31 heavy (non-hydrogen) atoms. The molecule has 0 unspecified atom stereocenters. The van der Waals surface area contributed by atoms with Gasteiger partial charge in [-0.3, -0.25) is 19.3 Å². The fourth-order valence-corrected chi connectivity index (χ4v) is 4.00. The second-order valence-corrected chi connectivity index (χ2v) is 7.93. The Morgan fingerprint density at radius 3 is 2.10 bits per heavy atom. The first-order chi connectivity index (χ1) is 15.1. The molecule has 1 aromatic carbocycles. The SMILES string of the molecule is O=C(CCC(=O)N1CCN(C(=O)CN2CCOCC2)CC1)c1ccc2c(c1)OCCO2. The Labute approximate surface area is 181 Å². The van der Waals surface area contributed by atoms with Crippen LogP contribution in [-0.4, -0.2) is 105 Å². The van der Waals surface area contributed by atoms with Gasteiger partial charge in [0.1, 0.15) is 13.2 Å². The molecule has 9 heteroatoms. The first-order valence-corrected chi connectivity index (χ1v) is 10.9. The van der Waals surface area contributed by atoms with Crippen LogP contribution in [0.4, 0.5) is 0 Å². The molecule has 0 aliphatic carbocycles. The molecular weight excluding hydrogens is 402 g/mol. The van der Waals surface area contributed by atoms with Crippen LogP contribution in [0, 0.1) is 0 Å². The zero-order valence-corrected chi connectivity index (χ0v) is 17.7. The lowest BCUT2D eigenvalue weighted by molar-refractivity contribution is -0.140. The number of hydrogen-bond donors (Lipinski definition) is 0. The monoisotopic (exact) mass is 431 g/mol. The normalized spacial score (nSPS) is 19.2. The Kier molecular flexibility index (Phi) is 7.03. The van der Waals surface area contributed by atoms with E-state index in [1.165, 1.54) is 0 Å². The van der Waals surface area contributed by atoms with Gasteiger partial charge in [0.2, 0.25) is 11.8 Å². The number of ketones is 1. The zero-order chi connectivity index (χ0) is 21.6. The number of piperazine rings is 1. The molecular formula is C22H29N3O6. The highest BCUT2D eigenvalue weighted by Gasteiger charge is 2.26. The fraction of sp³-hybridized carbons (Fsp3) is 0.591. The summed E-state index contributed by atoms with van der Waals surface area (Å²) in [7, 11) is 0. The van der Waals surface area contributed by atoms with E-state index in [1.54, 1.807) is 23.1 Å². The van der Waals surface area contributed by atoms with Gasteiger partial charge in [0.25, 0.3) is 0 Å². The Morgan fingerprint density at radius 2 is 1.39 bits per heavy atom. The van der Waals surface area contributed by atoms with Crippen LogP contribution in [0.5, 0.6) is 11.5 Å². The van der Waals surface area contributed by atoms with Crippen molar-refractivity contribution in [3.05, 3.63) is 23.8 Å². The fourth-order valence-electron chi connectivity index (χ4n) is 4.00. The molecule has 2 saturated heterocycles. The van der Waals surface area contributed by atoms with Crippen molar-refractivity contribution in [3.8, 4) is 11.5 Å². The van der Waals surface area contributed by atoms with Crippen LogP contribution in [0.25, 0.3) is 0 Å². The van der Waals surface area contributed by atoms with Gasteiger partial charge in [-0.1, -0.05) is 0 Å². The van der Waals surface area contributed by atoms with Gasteiger partial charge in [-0.05, 0) is 18.2 Å². The molecule has 9 nitrogen and oxygen atoms in total. The van der Waals surface area contributed by atoms with Crippen LogP contribution in [0.1, 0.15) is 23.2 Å². The summed E-state index contributed by atoms with van der Waals surface area (Å²) in [5.41, 5.74) is 0.524. The Balaban J connectivity index is 1.20. The predicted molar refractivity (Wildman–Crippen MR) is 111 cm³/mol. The van der Waals surface area contributed by atoms with E-state index >= 15 is 0 Å². The van der Waals surface area contributed by atoms with Gasteiger partial charge in [0, 0.05) is 57.7 Å². The highest BCUT2D eigenvalue weighted by molar-refractivity contribution is 5.98. The maximum absolute atomic E-state index is 12.6. The summed E-state index contributed by atoms with van der Waals surface area (Å²) in [6.07, 6.45) is 0.309. The molecule has 1 aromatic rings. The molecule has 0 atom stereocenters. The molecule has 168 valence electrons. The summed E-state index contributed by atoms with van der Waals surface area (Å²) >= 11 is 0. The van der Waals surface area contributed by atoms with Crippen LogP contribution < -0.4 is 9.47 Å². The minimum Gasteiger partial charge on any atom is -0.486 e. The number of rotatable bonds is 6. The smallest absolute Gasteiger partial charge is 0.236 e. The topological polar surface area (TPSA) is 88.6 Å². The molecule has 3 heterocycles. The number of carbonyl (C=O) groups is 3. The number of nitrogens with zero attached hydrogens (tertiary/aromatic N) is 3. The van der Waals surface area contributed by atoms with Gasteiger partial charge in [-0.25, -0.2) is 0 Å². The number of fused-ring (bicyclic) bond motifs is 1. The van der Waals surface area contributed by atoms with Crippen molar-refractivity contribution >= 4 is 17.6 Å². The van der Waals surface area contributed by atoms with Gasteiger partial charge in [0.05, 0.1) is 19.8 Å². The molecule has 0 N–H and O–H groups in total. The number of amides is 2. The van der Waals surface area contributed by atoms with Gasteiger partial charge in [-0.15, -0.1) is 0 Å². The zero-order valence-electron chi connectivity index (χ0n) is 17.7. The van der Waals surface area contributed by atoms with E-state index in [1.807, 2.05) is 4.90 Å². The van der Waals surface area contributed by atoms with Gasteiger partial charge >= 0.3 is 0 Å². The molecule has 0 saturated carbocycles. The van der Waals surface area contributed by atoms with Crippen molar-refractivity contribution in [1.82, 2.24) is 14.7 Å². The molecule has 0 bridgehead atoms. The van der Waals surface area contributed by atoms with Crippen LogP contribution >= 0.6 is 0 Å².